The third-order valence-corrected chi connectivity index (χ3v) is 4.68. The van der Waals surface area contributed by atoms with E-state index in [-0.39, 0.29) is 18.4 Å². The quantitative estimate of drug-likeness (QED) is 0.845. The van der Waals surface area contributed by atoms with E-state index < -0.39 is 10.0 Å². The van der Waals surface area contributed by atoms with Crippen molar-refractivity contribution in [2.45, 2.75) is 11.9 Å². The molecule has 0 aliphatic heterocycles. The number of methoxy groups -OCH3 is 1. The minimum Gasteiger partial charge on any atom is -0.375 e. The van der Waals surface area contributed by atoms with E-state index >= 15 is 0 Å². The number of nitrogens with one attached hydrogen (secondary N) is 1. The van der Waals surface area contributed by atoms with Gasteiger partial charge in [0.2, 0.25) is 10.0 Å². The lowest BCUT2D eigenvalue weighted by Gasteiger charge is -2.16. The molecule has 0 saturated carbocycles. The Morgan fingerprint density at radius 2 is 1.91 bits per heavy atom. The van der Waals surface area contributed by atoms with Crippen LogP contribution in [0.4, 0.5) is 0 Å². The van der Waals surface area contributed by atoms with E-state index in [1.54, 1.807) is 31.4 Å². The van der Waals surface area contributed by atoms with Crippen molar-refractivity contribution in [3.63, 3.8) is 0 Å². The Morgan fingerprint density at radius 3 is 2.57 bits per heavy atom. The molecule has 1 unspecified atom stereocenters. The fourth-order valence-corrected chi connectivity index (χ4v) is 3.33. The largest absolute Gasteiger partial charge is 0.375 e. The highest BCUT2D eigenvalue weighted by molar-refractivity contribution is 7.88. The summed E-state index contributed by atoms with van der Waals surface area (Å²) in [4.78, 5) is 0. The molecule has 0 aliphatic carbocycles. The first-order valence-electron chi connectivity index (χ1n) is 7.08. The second-order valence-corrected chi connectivity index (χ2v) is 6.86. The second kappa shape index (κ2) is 7.88. The fourth-order valence-electron chi connectivity index (χ4n) is 2.21. The minimum atomic E-state index is -3.51. The van der Waals surface area contributed by atoms with E-state index in [0.717, 1.165) is 5.56 Å². The molecule has 120 valence electrons. The Bertz CT molecular complexity index is 783. The van der Waals surface area contributed by atoms with Crippen LogP contribution in [-0.2, 0) is 20.5 Å². The zero-order valence-electron chi connectivity index (χ0n) is 12.8. The molecule has 23 heavy (non-hydrogen) atoms. The predicted octanol–water partition coefficient (Wildman–Crippen LogP) is 2.37. The number of sulfonamides is 1. The number of rotatable bonds is 7. The molecule has 0 aromatic heterocycles. The van der Waals surface area contributed by atoms with Crippen molar-refractivity contribution in [2.24, 2.45) is 0 Å². The van der Waals surface area contributed by atoms with Crippen molar-refractivity contribution in [3.8, 4) is 6.07 Å². The maximum atomic E-state index is 12.2. The minimum absolute atomic E-state index is 0.154. The molecule has 0 aliphatic rings. The SMILES string of the molecule is COC(CNS(=O)(=O)Cc1cccc(C#N)c1)c1ccccc1. The molecule has 1 atom stereocenters. The number of hydrogen-bond acceptors (Lipinski definition) is 4. The van der Waals surface area contributed by atoms with Gasteiger partial charge in [-0.25, -0.2) is 13.1 Å². The molecule has 0 amide bonds. The molecule has 0 saturated heterocycles. The zero-order valence-corrected chi connectivity index (χ0v) is 13.6. The molecule has 0 spiro atoms. The molecule has 0 bridgehead atoms. The predicted molar refractivity (Wildman–Crippen MR) is 88.0 cm³/mol. The summed E-state index contributed by atoms with van der Waals surface area (Å²) < 4.78 is 32.3. The fraction of sp³-hybridized carbons (Fsp3) is 0.235. The van der Waals surface area contributed by atoms with Crippen molar-refractivity contribution in [1.82, 2.24) is 4.72 Å². The number of ether oxygens (including phenoxy) is 1. The van der Waals surface area contributed by atoms with Gasteiger partial charge in [0, 0.05) is 13.7 Å². The van der Waals surface area contributed by atoms with Crippen LogP contribution >= 0.6 is 0 Å². The van der Waals surface area contributed by atoms with Crippen LogP contribution in [0.2, 0.25) is 0 Å². The van der Waals surface area contributed by atoms with Gasteiger partial charge in [-0.15, -0.1) is 0 Å². The van der Waals surface area contributed by atoms with Crippen molar-refractivity contribution in [2.75, 3.05) is 13.7 Å². The second-order valence-electron chi connectivity index (χ2n) is 5.05. The van der Waals surface area contributed by atoms with Gasteiger partial charge in [-0.1, -0.05) is 42.5 Å². The third-order valence-electron chi connectivity index (χ3n) is 3.36. The van der Waals surface area contributed by atoms with Crippen LogP contribution in [0.1, 0.15) is 22.8 Å². The number of hydrogen-bond donors (Lipinski definition) is 1. The average molecular weight is 330 g/mol. The van der Waals surface area contributed by atoms with Crippen LogP contribution in [0.5, 0.6) is 0 Å². The van der Waals surface area contributed by atoms with Gasteiger partial charge >= 0.3 is 0 Å². The Kier molecular flexibility index (Phi) is 5.88. The van der Waals surface area contributed by atoms with Crippen LogP contribution < -0.4 is 4.72 Å². The van der Waals surface area contributed by atoms with E-state index in [0.29, 0.717) is 11.1 Å². The zero-order chi connectivity index (χ0) is 16.7. The van der Waals surface area contributed by atoms with Gasteiger partial charge in [0.05, 0.1) is 23.5 Å². The van der Waals surface area contributed by atoms with E-state index in [9.17, 15) is 8.42 Å². The molecule has 5 nitrogen and oxygen atoms in total. The first-order chi connectivity index (χ1) is 11.0. The summed E-state index contributed by atoms with van der Waals surface area (Å²) in [6, 6.07) is 18.0. The van der Waals surface area contributed by atoms with Gasteiger partial charge in [0.1, 0.15) is 0 Å². The highest BCUT2D eigenvalue weighted by atomic mass is 32.2. The monoisotopic (exact) mass is 330 g/mol. The van der Waals surface area contributed by atoms with Gasteiger partial charge in [-0.3, -0.25) is 0 Å². The molecule has 2 rings (SSSR count). The summed E-state index contributed by atoms with van der Waals surface area (Å²) in [7, 11) is -1.97. The van der Waals surface area contributed by atoms with E-state index in [1.807, 2.05) is 36.4 Å². The van der Waals surface area contributed by atoms with Crippen molar-refractivity contribution < 1.29 is 13.2 Å². The molecule has 0 radical (unpaired) electrons. The first-order valence-corrected chi connectivity index (χ1v) is 8.73. The Labute approximate surface area is 136 Å². The van der Waals surface area contributed by atoms with Crippen LogP contribution in [0, 0.1) is 11.3 Å². The van der Waals surface area contributed by atoms with E-state index in [4.69, 9.17) is 10.00 Å². The van der Waals surface area contributed by atoms with Gasteiger partial charge in [0.25, 0.3) is 0 Å². The van der Waals surface area contributed by atoms with Crippen molar-refractivity contribution in [1.29, 1.82) is 5.26 Å². The molecule has 6 heteroatoms. The molecule has 2 aromatic rings. The molecule has 0 fully saturated rings. The maximum absolute atomic E-state index is 12.2. The normalized spacial score (nSPS) is 12.5. The summed E-state index contributed by atoms with van der Waals surface area (Å²) in [6.45, 7) is 0.154. The van der Waals surface area contributed by atoms with Crippen molar-refractivity contribution in [3.05, 3.63) is 71.3 Å². The maximum Gasteiger partial charge on any atom is 0.215 e. The summed E-state index contributed by atoms with van der Waals surface area (Å²) in [6.07, 6.45) is -0.351. The van der Waals surface area contributed by atoms with Gasteiger partial charge < -0.3 is 4.74 Å². The summed E-state index contributed by atoms with van der Waals surface area (Å²) in [5.74, 6) is -0.173. The molecule has 0 heterocycles. The Morgan fingerprint density at radius 1 is 1.17 bits per heavy atom. The first kappa shape index (κ1) is 17.2. The number of nitriles is 1. The molecule has 1 N–H and O–H groups in total. The topological polar surface area (TPSA) is 79.2 Å². The van der Waals surface area contributed by atoms with Crippen LogP contribution in [-0.4, -0.2) is 22.1 Å². The average Bonchev–Trinajstić information content (AvgIpc) is 2.56. The summed E-state index contributed by atoms with van der Waals surface area (Å²) >= 11 is 0. The summed E-state index contributed by atoms with van der Waals surface area (Å²) in [5, 5.41) is 8.86. The lowest BCUT2D eigenvalue weighted by molar-refractivity contribution is 0.107. The number of benzene rings is 2. The number of nitrogens with zero attached hydrogens (tertiary/aromatic N) is 1. The Balaban J connectivity index is 2.02. The molecular weight excluding hydrogens is 312 g/mol. The highest BCUT2D eigenvalue weighted by Gasteiger charge is 2.16. The lowest BCUT2D eigenvalue weighted by atomic mass is 10.1. The standard InChI is InChI=1S/C17H18N2O3S/c1-22-17(16-8-3-2-4-9-16)12-19-23(20,21)13-15-7-5-6-14(10-15)11-18/h2-10,17,19H,12-13H2,1H3. The van der Waals surface area contributed by atoms with E-state index in [2.05, 4.69) is 4.72 Å². The van der Waals surface area contributed by atoms with E-state index in [1.165, 1.54) is 0 Å². The Hall–Kier alpha value is -2.20. The molecular formula is C17H18N2O3S. The van der Waals surface area contributed by atoms with Crippen LogP contribution in [0.25, 0.3) is 0 Å². The smallest absolute Gasteiger partial charge is 0.215 e. The van der Waals surface area contributed by atoms with Crippen molar-refractivity contribution >= 4 is 10.0 Å². The molecule has 2 aromatic carbocycles. The van der Waals surface area contributed by atoms with Gasteiger partial charge in [0.15, 0.2) is 0 Å². The highest BCUT2D eigenvalue weighted by Crippen LogP contribution is 2.16. The summed E-state index contributed by atoms with van der Waals surface area (Å²) in [5.41, 5.74) is 1.92. The lowest BCUT2D eigenvalue weighted by Crippen LogP contribution is -2.30. The third kappa shape index (κ3) is 5.18. The van der Waals surface area contributed by atoms with Crippen LogP contribution in [0.15, 0.2) is 54.6 Å². The van der Waals surface area contributed by atoms with Crippen LogP contribution in [0.3, 0.4) is 0 Å². The van der Waals surface area contributed by atoms with Gasteiger partial charge in [-0.2, -0.15) is 5.26 Å². The van der Waals surface area contributed by atoms with Gasteiger partial charge in [-0.05, 0) is 23.3 Å².